The molecule has 0 spiro atoms. The average Bonchev–Trinajstić information content (AvgIpc) is 2.58. The highest BCUT2D eigenvalue weighted by Crippen LogP contribution is 2.24. The molecule has 4 nitrogen and oxygen atoms in total. The lowest BCUT2D eigenvalue weighted by molar-refractivity contribution is 0.243. The summed E-state index contributed by atoms with van der Waals surface area (Å²) in [6.45, 7) is 0.297. The molecule has 0 saturated heterocycles. The molecule has 2 aromatic carbocycles. The van der Waals surface area contributed by atoms with Gasteiger partial charge in [-0.25, -0.2) is 4.39 Å². The lowest BCUT2D eigenvalue weighted by Gasteiger charge is -2.18. The molecule has 0 aliphatic heterocycles. The Labute approximate surface area is 139 Å². The van der Waals surface area contributed by atoms with Crippen LogP contribution in [0, 0.1) is 5.82 Å². The van der Waals surface area contributed by atoms with Gasteiger partial charge in [-0.3, -0.25) is 0 Å². The van der Waals surface area contributed by atoms with Gasteiger partial charge < -0.3 is 19.9 Å². The van der Waals surface area contributed by atoms with Crippen molar-refractivity contribution in [3.05, 3.63) is 58.4 Å². The first kappa shape index (κ1) is 17.5. The second-order valence-electron chi connectivity index (χ2n) is 5.01. The molecule has 0 saturated carbocycles. The van der Waals surface area contributed by atoms with Crippen LogP contribution in [0.1, 0.15) is 17.2 Å². The summed E-state index contributed by atoms with van der Waals surface area (Å²) < 4.78 is 24.0. The molecule has 0 aliphatic carbocycles. The molecule has 124 valence electrons. The van der Waals surface area contributed by atoms with Crippen LogP contribution in [0.3, 0.4) is 0 Å². The maximum absolute atomic E-state index is 13.6. The van der Waals surface area contributed by atoms with E-state index in [4.69, 9.17) is 21.1 Å². The maximum atomic E-state index is 13.6. The fourth-order valence-corrected chi connectivity index (χ4v) is 2.34. The maximum Gasteiger partial charge on any atom is 0.142 e. The Morgan fingerprint density at radius 3 is 2.30 bits per heavy atom. The quantitative estimate of drug-likeness (QED) is 0.812. The van der Waals surface area contributed by atoms with Crippen molar-refractivity contribution in [2.24, 2.45) is 0 Å². The third kappa shape index (κ3) is 4.58. The number of nitrogens with one attached hydrogen (secondary N) is 1. The number of benzene rings is 2. The number of aliphatic hydroxyl groups is 1. The zero-order valence-electron chi connectivity index (χ0n) is 13.0. The number of hydrogen-bond acceptors (Lipinski definition) is 4. The van der Waals surface area contributed by atoms with Crippen LogP contribution in [0.5, 0.6) is 11.5 Å². The summed E-state index contributed by atoms with van der Waals surface area (Å²) in [5, 5.41) is 12.8. The van der Waals surface area contributed by atoms with Gasteiger partial charge >= 0.3 is 0 Å². The van der Waals surface area contributed by atoms with E-state index in [-0.39, 0.29) is 11.6 Å². The Hall–Kier alpha value is -1.82. The first-order valence-corrected chi connectivity index (χ1v) is 7.46. The van der Waals surface area contributed by atoms with Crippen molar-refractivity contribution in [1.29, 1.82) is 0 Å². The fourth-order valence-electron chi connectivity index (χ4n) is 2.23. The molecule has 0 radical (unpaired) electrons. The zero-order chi connectivity index (χ0) is 16.8. The minimum Gasteiger partial charge on any atom is -0.497 e. The highest BCUT2D eigenvalue weighted by molar-refractivity contribution is 6.30. The van der Waals surface area contributed by atoms with Crippen molar-refractivity contribution in [2.45, 2.75) is 12.6 Å². The van der Waals surface area contributed by atoms with Gasteiger partial charge in [0.25, 0.3) is 0 Å². The third-order valence-electron chi connectivity index (χ3n) is 3.49. The Morgan fingerprint density at radius 1 is 1.13 bits per heavy atom. The molecule has 0 fully saturated rings. The van der Waals surface area contributed by atoms with E-state index in [9.17, 15) is 9.50 Å². The predicted octanol–water partition coefficient (Wildman–Crippen LogP) is 3.32. The van der Waals surface area contributed by atoms with E-state index in [2.05, 4.69) is 5.32 Å². The highest BCUT2D eigenvalue weighted by atomic mass is 35.5. The van der Waals surface area contributed by atoms with Gasteiger partial charge in [-0.05, 0) is 35.4 Å². The van der Waals surface area contributed by atoms with Crippen molar-refractivity contribution >= 4 is 11.6 Å². The van der Waals surface area contributed by atoms with E-state index in [1.54, 1.807) is 26.4 Å². The first-order chi connectivity index (χ1) is 11.1. The molecule has 1 unspecified atom stereocenters. The Kier molecular flexibility index (Phi) is 6.21. The van der Waals surface area contributed by atoms with Gasteiger partial charge in [0.15, 0.2) is 0 Å². The normalized spacial score (nSPS) is 12.0. The van der Waals surface area contributed by atoms with Crippen LogP contribution in [0.25, 0.3) is 0 Å². The standard InChI is InChI=1S/C17H19ClFNO3/c1-22-13-5-11(6-14(8-13)23-2)9-20-17(10-21)12-3-4-15(18)16(19)7-12/h3-8,17,20-21H,9-10H2,1-2H3. The Balaban J connectivity index is 2.12. The summed E-state index contributed by atoms with van der Waals surface area (Å²) >= 11 is 5.68. The number of aliphatic hydroxyl groups excluding tert-OH is 1. The lowest BCUT2D eigenvalue weighted by Crippen LogP contribution is -2.24. The Morgan fingerprint density at radius 2 is 1.78 bits per heavy atom. The molecule has 2 N–H and O–H groups in total. The molecule has 0 bridgehead atoms. The van der Waals surface area contributed by atoms with E-state index >= 15 is 0 Å². The number of halogens is 2. The Bertz CT molecular complexity index is 644. The van der Waals surface area contributed by atoms with E-state index in [1.807, 2.05) is 12.1 Å². The monoisotopic (exact) mass is 339 g/mol. The summed E-state index contributed by atoms with van der Waals surface area (Å²) in [6, 6.07) is 9.60. The SMILES string of the molecule is COc1cc(CNC(CO)c2ccc(Cl)c(F)c2)cc(OC)c1. The van der Waals surface area contributed by atoms with E-state index in [1.165, 1.54) is 12.1 Å². The second kappa shape index (κ2) is 8.15. The van der Waals surface area contributed by atoms with Gasteiger partial charge in [0.1, 0.15) is 17.3 Å². The molecule has 0 aliphatic rings. The summed E-state index contributed by atoms with van der Waals surface area (Å²) in [4.78, 5) is 0. The smallest absolute Gasteiger partial charge is 0.142 e. The van der Waals surface area contributed by atoms with Gasteiger partial charge in [-0.15, -0.1) is 0 Å². The molecule has 0 amide bonds. The van der Waals surface area contributed by atoms with Crippen molar-refractivity contribution in [3.63, 3.8) is 0 Å². The molecular formula is C17H19ClFNO3. The van der Waals surface area contributed by atoms with Crippen LogP contribution in [0.4, 0.5) is 4.39 Å². The topological polar surface area (TPSA) is 50.7 Å². The molecular weight excluding hydrogens is 321 g/mol. The van der Waals surface area contributed by atoms with Crippen LogP contribution in [-0.4, -0.2) is 25.9 Å². The summed E-state index contributed by atoms with van der Waals surface area (Å²) in [7, 11) is 3.16. The highest BCUT2D eigenvalue weighted by Gasteiger charge is 2.12. The van der Waals surface area contributed by atoms with Crippen molar-refractivity contribution in [1.82, 2.24) is 5.32 Å². The number of rotatable bonds is 7. The minimum absolute atomic E-state index is 0.0583. The molecule has 1 atom stereocenters. The number of hydrogen-bond donors (Lipinski definition) is 2. The van der Waals surface area contributed by atoms with E-state index < -0.39 is 11.9 Å². The number of methoxy groups -OCH3 is 2. The van der Waals surface area contributed by atoms with Gasteiger partial charge in [0.05, 0.1) is 31.9 Å². The lowest BCUT2D eigenvalue weighted by atomic mass is 10.1. The van der Waals surface area contributed by atoms with Gasteiger partial charge in [0, 0.05) is 12.6 Å². The van der Waals surface area contributed by atoms with Gasteiger partial charge in [-0.2, -0.15) is 0 Å². The van der Waals surface area contributed by atoms with Crippen LogP contribution >= 0.6 is 11.6 Å². The zero-order valence-corrected chi connectivity index (χ0v) is 13.7. The van der Waals surface area contributed by atoms with Crippen molar-refractivity contribution in [3.8, 4) is 11.5 Å². The predicted molar refractivity (Wildman–Crippen MR) is 87.6 cm³/mol. The second-order valence-corrected chi connectivity index (χ2v) is 5.42. The summed E-state index contributed by atoms with van der Waals surface area (Å²) in [5.41, 5.74) is 1.55. The molecule has 0 heterocycles. The van der Waals surface area contributed by atoms with Crippen LogP contribution in [0.2, 0.25) is 5.02 Å². The van der Waals surface area contributed by atoms with Crippen LogP contribution < -0.4 is 14.8 Å². The van der Waals surface area contributed by atoms with Crippen LogP contribution in [-0.2, 0) is 6.54 Å². The average molecular weight is 340 g/mol. The molecule has 6 heteroatoms. The summed E-state index contributed by atoms with van der Waals surface area (Å²) in [5.74, 6) is 0.853. The van der Waals surface area contributed by atoms with Crippen molar-refractivity contribution < 1.29 is 19.0 Å². The van der Waals surface area contributed by atoms with Gasteiger partial charge in [0.2, 0.25) is 0 Å². The third-order valence-corrected chi connectivity index (χ3v) is 3.80. The molecule has 2 rings (SSSR count). The van der Waals surface area contributed by atoms with Crippen LogP contribution in [0.15, 0.2) is 36.4 Å². The van der Waals surface area contributed by atoms with Gasteiger partial charge in [-0.1, -0.05) is 17.7 Å². The molecule has 23 heavy (non-hydrogen) atoms. The summed E-state index contributed by atoms with van der Waals surface area (Å²) in [6.07, 6.45) is 0. The minimum atomic E-state index is -0.507. The molecule has 0 aromatic heterocycles. The van der Waals surface area contributed by atoms with E-state index in [0.717, 1.165) is 5.56 Å². The first-order valence-electron chi connectivity index (χ1n) is 7.08. The fraction of sp³-hybridized carbons (Fsp3) is 0.294. The largest absolute Gasteiger partial charge is 0.497 e. The molecule has 2 aromatic rings. The van der Waals surface area contributed by atoms with Crippen molar-refractivity contribution in [2.75, 3.05) is 20.8 Å². The number of ether oxygens (including phenoxy) is 2. The van der Waals surface area contributed by atoms with E-state index in [0.29, 0.717) is 23.6 Å².